The van der Waals surface area contributed by atoms with Crippen molar-refractivity contribution in [2.24, 2.45) is 11.7 Å². The molecule has 2 aliphatic heterocycles. The Morgan fingerprint density at radius 3 is 2.20 bits per heavy atom. The molecule has 0 radical (unpaired) electrons. The normalized spacial score (nSPS) is 24.6. The number of rotatable bonds is 9. The molecule has 3 aliphatic rings. The first kappa shape index (κ1) is 29.4. The Bertz CT molecular complexity index is 1270. The van der Waals surface area contributed by atoms with Crippen molar-refractivity contribution >= 4 is 31.9 Å². The van der Waals surface area contributed by atoms with Crippen LogP contribution >= 0.6 is 15.9 Å². The van der Waals surface area contributed by atoms with Crippen LogP contribution in [0.25, 0.3) is 0 Å². The number of nitrogens with two attached hydrogens (primary N) is 1. The maximum absolute atomic E-state index is 16.1. The van der Waals surface area contributed by atoms with Crippen LogP contribution in [0.4, 0.5) is 8.78 Å². The molecule has 2 aromatic carbocycles. The van der Waals surface area contributed by atoms with E-state index in [4.69, 9.17) is 10.5 Å². The number of carbonyl (C=O) groups excluding carboxylic acids is 1. The second-order valence-electron chi connectivity index (χ2n) is 11.3. The summed E-state index contributed by atoms with van der Waals surface area (Å²) < 4.78 is 67.5. The number of nitrogens with one attached hydrogen (secondary N) is 1. The van der Waals surface area contributed by atoms with E-state index in [1.165, 1.54) is 72.7 Å². The van der Waals surface area contributed by atoms with E-state index < -0.39 is 33.5 Å². The lowest BCUT2D eigenvalue weighted by molar-refractivity contribution is -0.149. The van der Waals surface area contributed by atoms with E-state index in [1.807, 2.05) is 0 Å². The molecule has 0 spiro atoms. The molecule has 7 nitrogen and oxygen atoms in total. The number of carbonyl (C=O) groups is 1. The number of amides is 1. The van der Waals surface area contributed by atoms with Crippen LogP contribution in [-0.4, -0.2) is 50.0 Å². The van der Waals surface area contributed by atoms with Gasteiger partial charge in [0, 0.05) is 28.2 Å². The average molecular weight is 641 g/mol. The van der Waals surface area contributed by atoms with Crippen LogP contribution in [0.1, 0.15) is 63.4 Å². The zero-order valence-electron chi connectivity index (χ0n) is 22.3. The number of nitrogens with zero attached hydrogens (tertiary/aromatic N) is 1. The van der Waals surface area contributed by atoms with Gasteiger partial charge in [-0.2, -0.15) is 13.5 Å². The summed E-state index contributed by atoms with van der Waals surface area (Å²) in [4.78, 5) is 15.0. The minimum atomic E-state index is -4.49. The summed E-state index contributed by atoms with van der Waals surface area (Å²) >= 11 is 3.24. The molecule has 0 aromatic heterocycles. The van der Waals surface area contributed by atoms with Crippen molar-refractivity contribution in [3.05, 3.63) is 58.6 Å². The molecule has 1 aliphatic carbocycles. The quantitative estimate of drug-likeness (QED) is 0.386. The van der Waals surface area contributed by atoms with E-state index in [2.05, 4.69) is 20.7 Å². The number of hydrogen-bond donors (Lipinski definition) is 2. The van der Waals surface area contributed by atoms with Crippen LogP contribution in [-0.2, 0) is 20.7 Å². The molecule has 1 amide bonds. The third-order valence-corrected chi connectivity index (χ3v) is 10.4. The summed E-state index contributed by atoms with van der Waals surface area (Å²) in [7, 11) is -4.49. The van der Waals surface area contributed by atoms with E-state index in [9.17, 15) is 13.2 Å². The maximum Gasteiger partial charge on any atom is 0.298 e. The molecule has 1 saturated carbocycles. The van der Waals surface area contributed by atoms with Gasteiger partial charge in [0.1, 0.15) is 5.75 Å². The fourth-order valence-electron chi connectivity index (χ4n) is 6.35. The second-order valence-corrected chi connectivity index (χ2v) is 14.0. The van der Waals surface area contributed by atoms with Crippen molar-refractivity contribution in [3.8, 4) is 5.75 Å². The van der Waals surface area contributed by atoms with Gasteiger partial charge in [-0.05, 0) is 80.8 Å². The highest BCUT2D eigenvalue weighted by molar-refractivity contribution is 9.10. The van der Waals surface area contributed by atoms with Gasteiger partial charge in [-0.1, -0.05) is 47.3 Å². The monoisotopic (exact) mass is 639 g/mol. The van der Waals surface area contributed by atoms with Crippen LogP contribution in [0.2, 0.25) is 0 Å². The minimum absolute atomic E-state index is 0.109. The summed E-state index contributed by atoms with van der Waals surface area (Å²) in [6.07, 6.45) is 8.19. The fourth-order valence-corrected chi connectivity index (χ4v) is 7.81. The van der Waals surface area contributed by atoms with Crippen molar-refractivity contribution in [2.75, 3.05) is 6.61 Å². The van der Waals surface area contributed by atoms with Gasteiger partial charge >= 0.3 is 0 Å². The number of alkyl halides is 2. The van der Waals surface area contributed by atoms with Crippen molar-refractivity contribution in [1.82, 2.24) is 9.62 Å². The topological polar surface area (TPSA) is 102 Å². The van der Waals surface area contributed by atoms with E-state index in [1.54, 1.807) is 0 Å². The van der Waals surface area contributed by atoms with Gasteiger partial charge in [0.05, 0.1) is 11.5 Å². The van der Waals surface area contributed by atoms with Crippen molar-refractivity contribution in [2.45, 2.75) is 92.8 Å². The van der Waals surface area contributed by atoms with E-state index in [0.717, 1.165) is 12.8 Å². The molecular formula is C29H36BrF2N3O4S. The summed E-state index contributed by atoms with van der Waals surface area (Å²) in [5, 5.41) is 0. The average Bonchev–Trinajstić information content (AvgIpc) is 3.21. The highest BCUT2D eigenvalue weighted by atomic mass is 79.9. The Morgan fingerprint density at radius 2 is 1.60 bits per heavy atom. The summed E-state index contributed by atoms with van der Waals surface area (Å²) in [6.45, 7) is 0.558. The highest BCUT2D eigenvalue weighted by Gasteiger charge is 2.53. The number of halogens is 3. The largest absolute Gasteiger partial charge is 0.493 e. The Kier molecular flexibility index (Phi) is 8.85. The van der Waals surface area contributed by atoms with Gasteiger partial charge in [0.25, 0.3) is 5.92 Å². The SMILES string of the molecule is NC1CC2CCC(C1)N2C(=O)C(NS(=O)(=O)c1ccc(OCC2CCCCC2)cc1)C(F)(F)c1ccc(Br)cc1. The number of benzene rings is 2. The number of ether oxygens (including phenoxy) is 1. The van der Waals surface area contributed by atoms with Crippen LogP contribution in [0.15, 0.2) is 57.9 Å². The van der Waals surface area contributed by atoms with E-state index >= 15 is 8.78 Å². The third kappa shape index (κ3) is 6.37. The second kappa shape index (κ2) is 12.0. The van der Waals surface area contributed by atoms with Gasteiger partial charge in [-0.15, -0.1) is 0 Å². The molecule has 2 heterocycles. The molecule has 218 valence electrons. The van der Waals surface area contributed by atoms with Crippen molar-refractivity contribution < 1.29 is 26.7 Å². The molecule has 40 heavy (non-hydrogen) atoms. The van der Waals surface area contributed by atoms with Crippen LogP contribution in [0.5, 0.6) is 5.75 Å². The van der Waals surface area contributed by atoms with Crippen molar-refractivity contribution in [3.63, 3.8) is 0 Å². The Morgan fingerprint density at radius 1 is 1.00 bits per heavy atom. The molecule has 3 N–H and O–H groups in total. The lowest BCUT2D eigenvalue weighted by Crippen LogP contribution is -2.60. The first-order chi connectivity index (χ1) is 19.0. The first-order valence-corrected chi connectivity index (χ1v) is 16.3. The lowest BCUT2D eigenvalue weighted by atomic mass is 9.90. The molecule has 2 bridgehead atoms. The zero-order valence-corrected chi connectivity index (χ0v) is 24.7. The molecule has 3 atom stereocenters. The number of sulfonamides is 1. The van der Waals surface area contributed by atoms with Crippen molar-refractivity contribution in [1.29, 1.82) is 0 Å². The highest BCUT2D eigenvalue weighted by Crippen LogP contribution is 2.40. The predicted molar refractivity (Wildman–Crippen MR) is 152 cm³/mol. The minimum Gasteiger partial charge on any atom is -0.493 e. The predicted octanol–water partition coefficient (Wildman–Crippen LogP) is 5.33. The van der Waals surface area contributed by atoms with Crippen LogP contribution in [0, 0.1) is 5.92 Å². The third-order valence-electron chi connectivity index (χ3n) is 8.48. The molecule has 3 fully saturated rings. The lowest BCUT2D eigenvalue weighted by Gasteiger charge is -2.41. The standard InChI is InChI=1S/C29H36BrF2N3O4S/c30-21-8-6-20(7-9-21)29(31,32)27(28(36)35-23-10-11-24(35)17-22(33)16-23)34-40(37,38)26-14-12-25(13-15-26)39-18-19-4-2-1-3-5-19/h6-9,12-15,19,22-24,27,34H,1-5,10-11,16-18,33H2. The van der Waals surface area contributed by atoms with Crippen LogP contribution in [0.3, 0.4) is 0 Å². The molecule has 2 saturated heterocycles. The number of fused-ring (bicyclic) bond motifs is 2. The van der Waals surface area contributed by atoms with Gasteiger partial charge in [-0.3, -0.25) is 4.79 Å². The number of piperidine rings is 1. The fraction of sp³-hybridized carbons (Fsp3) is 0.552. The maximum atomic E-state index is 16.1. The Labute approximate surface area is 243 Å². The molecule has 11 heteroatoms. The van der Waals surface area contributed by atoms with E-state index in [-0.39, 0.29) is 23.0 Å². The molecular weight excluding hydrogens is 604 g/mol. The Hall–Kier alpha value is -2.08. The summed E-state index contributed by atoms with van der Waals surface area (Å²) in [6, 6.07) is 7.95. The first-order valence-electron chi connectivity index (χ1n) is 14.0. The summed E-state index contributed by atoms with van der Waals surface area (Å²) in [5.74, 6) is -3.75. The van der Waals surface area contributed by atoms with Gasteiger partial charge in [-0.25, -0.2) is 8.42 Å². The van der Waals surface area contributed by atoms with Gasteiger partial charge in [0.2, 0.25) is 15.9 Å². The molecule has 5 rings (SSSR count). The smallest absolute Gasteiger partial charge is 0.298 e. The van der Waals surface area contributed by atoms with E-state index in [0.29, 0.717) is 48.4 Å². The van der Waals surface area contributed by atoms with Gasteiger partial charge < -0.3 is 15.4 Å². The number of hydrogen-bond acceptors (Lipinski definition) is 5. The Balaban J connectivity index is 1.38. The zero-order chi connectivity index (χ0) is 28.5. The summed E-state index contributed by atoms with van der Waals surface area (Å²) in [5.41, 5.74) is 5.67. The van der Waals surface area contributed by atoms with Gasteiger partial charge in [0.15, 0.2) is 6.04 Å². The molecule has 3 unspecified atom stereocenters. The molecule has 2 aromatic rings. The van der Waals surface area contributed by atoms with Crippen LogP contribution < -0.4 is 15.2 Å².